The molecule has 1 aliphatic heterocycles. The Morgan fingerprint density at radius 2 is 1.71 bits per heavy atom. The Kier molecular flexibility index (Phi) is 7.85. The van der Waals surface area contributed by atoms with Crippen molar-refractivity contribution in [3.63, 3.8) is 0 Å². The van der Waals surface area contributed by atoms with E-state index in [1.54, 1.807) is 28.6 Å². The average Bonchev–Trinajstić information content (AvgIpc) is 3.19. The van der Waals surface area contributed by atoms with Gasteiger partial charge in [-0.1, -0.05) is 18.2 Å². The number of hydrogen-bond donors (Lipinski definition) is 2. The van der Waals surface area contributed by atoms with E-state index < -0.39 is 10.0 Å². The predicted octanol–water partition coefficient (Wildman–Crippen LogP) is 3.63. The minimum absolute atomic E-state index is 0. The molecular weight excluding hydrogens is 487 g/mol. The predicted molar refractivity (Wildman–Crippen MR) is 125 cm³/mol. The molecule has 2 aromatic rings. The zero-order chi connectivity index (χ0) is 19.4. The third-order valence-corrected chi connectivity index (χ3v) is 6.75. The third-order valence-electron chi connectivity index (χ3n) is 4.84. The van der Waals surface area contributed by atoms with Gasteiger partial charge >= 0.3 is 0 Å². The monoisotopic (exact) mass is 514 g/mol. The van der Waals surface area contributed by atoms with Crippen molar-refractivity contribution in [3.8, 4) is 0 Å². The van der Waals surface area contributed by atoms with Crippen LogP contribution in [0.5, 0.6) is 0 Å². The van der Waals surface area contributed by atoms with E-state index in [-0.39, 0.29) is 24.0 Å². The van der Waals surface area contributed by atoms with Crippen LogP contribution in [0.15, 0.2) is 52.4 Å². The van der Waals surface area contributed by atoms with Crippen molar-refractivity contribution in [2.45, 2.75) is 38.1 Å². The fourth-order valence-electron chi connectivity index (χ4n) is 3.03. The number of anilines is 1. The molecule has 0 bridgehead atoms. The first-order chi connectivity index (χ1) is 12.9. The lowest BCUT2D eigenvalue weighted by molar-refractivity contribution is 0.477. The lowest BCUT2D eigenvalue weighted by Crippen LogP contribution is -2.27. The van der Waals surface area contributed by atoms with Crippen LogP contribution in [0.25, 0.3) is 0 Å². The minimum Gasteiger partial charge on any atom is -0.370 e. The fourth-order valence-corrected chi connectivity index (χ4v) is 4.54. The maximum atomic E-state index is 12.5. The molecule has 28 heavy (non-hydrogen) atoms. The lowest BCUT2D eigenvalue weighted by Gasteiger charge is -2.15. The molecule has 6 nitrogen and oxygen atoms in total. The van der Waals surface area contributed by atoms with Crippen LogP contribution in [0.3, 0.4) is 0 Å². The number of guanidine groups is 1. The smallest absolute Gasteiger partial charge is 0.243 e. The normalized spacial score (nSPS) is 15.3. The summed E-state index contributed by atoms with van der Waals surface area (Å²) in [7, 11) is -3.37. The highest BCUT2D eigenvalue weighted by molar-refractivity contribution is 14.0. The zero-order valence-corrected chi connectivity index (χ0v) is 19.3. The largest absolute Gasteiger partial charge is 0.370 e. The number of nitrogens with zero attached hydrogens (tertiary/aromatic N) is 2. The first-order valence-corrected chi connectivity index (χ1v) is 10.5. The van der Waals surface area contributed by atoms with Crippen molar-refractivity contribution >= 4 is 45.6 Å². The number of rotatable bonds is 5. The summed E-state index contributed by atoms with van der Waals surface area (Å²) in [6.45, 7) is 5.70. The zero-order valence-electron chi connectivity index (χ0n) is 16.2. The quantitative estimate of drug-likeness (QED) is 0.363. The van der Waals surface area contributed by atoms with E-state index in [0.717, 1.165) is 24.1 Å². The van der Waals surface area contributed by atoms with Gasteiger partial charge < -0.3 is 11.1 Å². The second-order valence-corrected chi connectivity index (χ2v) is 8.82. The number of sulfonamides is 1. The second kappa shape index (κ2) is 9.71. The maximum Gasteiger partial charge on any atom is 0.243 e. The van der Waals surface area contributed by atoms with Crippen molar-refractivity contribution in [1.29, 1.82) is 0 Å². The molecule has 0 radical (unpaired) electrons. The summed E-state index contributed by atoms with van der Waals surface area (Å²) in [5.74, 6) is 0.326. The molecule has 0 amide bonds. The van der Waals surface area contributed by atoms with Crippen LogP contribution in [-0.4, -0.2) is 31.8 Å². The summed E-state index contributed by atoms with van der Waals surface area (Å²) in [4.78, 5) is 4.67. The number of hydrogen-bond acceptors (Lipinski definition) is 3. The molecular formula is C20H27IN4O2S. The number of benzene rings is 2. The molecule has 1 heterocycles. The SMILES string of the molecule is Cc1ccc(NC(N)=NCc2ccc(S(=O)(=O)N3CCCC3)cc2)cc1C.I. The average molecular weight is 514 g/mol. The summed E-state index contributed by atoms with van der Waals surface area (Å²) in [5, 5.41) is 3.08. The summed E-state index contributed by atoms with van der Waals surface area (Å²) < 4.78 is 26.6. The Labute approximate surface area is 184 Å². The van der Waals surface area contributed by atoms with Crippen LogP contribution >= 0.6 is 24.0 Å². The van der Waals surface area contributed by atoms with Crippen molar-refractivity contribution in [2.24, 2.45) is 10.7 Å². The highest BCUT2D eigenvalue weighted by Gasteiger charge is 2.26. The van der Waals surface area contributed by atoms with Gasteiger partial charge in [-0.3, -0.25) is 0 Å². The molecule has 152 valence electrons. The van der Waals surface area contributed by atoms with E-state index >= 15 is 0 Å². The second-order valence-electron chi connectivity index (χ2n) is 6.88. The highest BCUT2D eigenvalue weighted by atomic mass is 127. The van der Waals surface area contributed by atoms with Crippen LogP contribution in [-0.2, 0) is 16.6 Å². The molecule has 0 aliphatic carbocycles. The van der Waals surface area contributed by atoms with E-state index in [1.165, 1.54) is 11.1 Å². The number of nitrogens with two attached hydrogens (primary N) is 1. The summed E-state index contributed by atoms with van der Waals surface area (Å²) in [6.07, 6.45) is 1.86. The van der Waals surface area contributed by atoms with Crippen molar-refractivity contribution < 1.29 is 8.42 Å². The first kappa shape index (κ1) is 22.6. The Morgan fingerprint density at radius 1 is 1.07 bits per heavy atom. The summed E-state index contributed by atoms with van der Waals surface area (Å²) in [5.41, 5.74) is 10.2. The molecule has 3 rings (SSSR count). The van der Waals surface area contributed by atoms with E-state index in [2.05, 4.69) is 17.2 Å². The van der Waals surface area contributed by atoms with Crippen molar-refractivity contribution in [2.75, 3.05) is 18.4 Å². The molecule has 1 fully saturated rings. The third kappa shape index (κ3) is 5.45. The number of aliphatic imine (C=N–C) groups is 1. The fraction of sp³-hybridized carbons (Fsp3) is 0.350. The number of nitrogens with one attached hydrogen (secondary N) is 1. The van der Waals surface area contributed by atoms with Gasteiger partial charge in [-0.15, -0.1) is 24.0 Å². The van der Waals surface area contributed by atoms with Crippen LogP contribution in [0, 0.1) is 13.8 Å². The van der Waals surface area contributed by atoms with E-state index in [1.807, 2.05) is 25.1 Å². The van der Waals surface area contributed by atoms with E-state index in [4.69, 9.17) is 5.73 Å². The van der Waals surface area contributed by atoms with Gasteiger partial charge in [-0.2, -0.15) is 4.31 Å². The molecule has 1 aliphatic rings. The van der Waals surface area contributed by atoms with E-state index in [9.17, 15) is 8.42 Å². The minimum atomic E-state index is -3.37. The topological polar surface area (TPSA) is 87.8 Å². The Morgan fingerprint density at radius 3 is 2.32 bits per heavy atom. The van der Waals surface area contributed by atoms with Gasteiger partial charge in [-0.25, -0.2) is 13.4 Å². The number of halogens is 1. The van der Waals surface area contributed by atoms with Gasteiger partial charge in [0.1, 0.15) is 0 Å². The standard InChI is InChI=1S/C20H26N4O2S.HI/c1-15-5-8-18(13-16(15)2)23-20(21)22-14-17-6-9-19(10-7-17)27(25,26)24-11-3-4-12-24;/h5-10,13H,3-4,11-12,14H2,1-2H3,(H3,21,22,23);1H. The molecule has 0 atom stereocenters. The van der Waals surface area contributed by atoms with Crippen LogP contribution in [0.1, 0.15) is 29.5 Å². The lowest BCUT2D eigenvalue weighted by atomic mass is 10.1. The van der Waals surface area contributed by atoms with Crippen molar-refractivity contribution in [1.82, 2.24) is 4.31 Å². The Balaban J connectivity index is 0.00000280. The number of aryl methyl sites for hydroxylation is 2. The summed E-state index contributed by atoms with van der Waals surface area (Å²) in [6, 6.07) is 12.9. The highest BCUT2D eigenvalue weighted by Crippen LogP contribution is 2.21. The van der Waals surface area contributed by atoms with Crippen LogP contribution < -0.4 is 11.1 Å². The summed E-state index contributed by atoms with van der Waals surface area (Å²) >= 11 is 0. The van der Waals surface area contributed by atoms with Crippen LogP contribution in [0.4, 0.5) is 5.69 Å². The Hall–Kier alpha value is -1.65. The maximum absolute atomic E-state index is 12.5. The molecule has 0 spiro atoms. The molecule has 0 saturated carbocycles. The Bertz CT molecular complexity index is 937. The van der Waals surface area contributed by atoms with Gasteiger partial charge in [-0.05, 0) is 67.6 Å². The van der Waals surface area contributed by atoms with Gasteiger partial charge in [0, 0.05) is 18.8 Å². The molecule has 8 heteroatoms. The van der Waals surface area contributed by atoms with Gasteiger partial charge in [0.25, 0.3) is 0 Å². The molecule has 0 aromatic heterocycles. The van der Waals surface area contributed by atoms with Crippen molar-refractivity contribution in [3.05, 3.63) is 59.2 Å². The molecule has 0 unspecified atom stereocenters. The molecule has 3 N–H and O–H groups in total. The molecule has 1 saturated heterocycles. The van der Waals surface area contributed by atoms with Gasteiger partial charge in [0.05, 0.1) is 11.4 Å². The van der Waals surface area contributed by atoms with Gasteiger partial charge in [0.2, 0.25) is 10.0 Å². The first-order valence-electron chi connectivity index (χ1n) is 9.09. The van der Waals surface area contributed by atoms with Gasteiger partial charge in [0.15, 0.2) is 5.96 Å². The molecule has 2 aromatic carbocycles. The van der Waals surface area contributed by atoms with Crippen LogP contribution in [0.2, 0.25) is 0 Å². The van der Waals surface area contributed by atoms with E-state index in [0.29, 0.717) is 30.5 Å².